The van der Waals surface area contributed by atoms with Crippen LogP contribution in [0.1, 0.15) is 18.9 Å². The molecule has 0 unspecified atom stereocenters. The van der Waals surface area contributed by atoms with E-state index in [2.05, 4.69) is 26.2 Å². The minimum Gasteiger partial charge on any atom is -0.346 e. The van der Waals surface area contributed by atoms with E-state index in [0.717, 1.165) is 15.8 Å². The molecule has 0 aliphatic carbocycles. The number of imidazole rings is 1. The summed E-state index contributed by atoms with van der Waals surface area (Å²) in [6.45, 7) is 1.93. The predicted molar refractivity (Wildman–Crippen MR) is 78.5 cm³/mol. The minimum absolute atomic E-state index is 0.0685. The third-order valence-corrected chi connectivity index (χ3v) is 4.29. The zero-order valence-electron chi connectivity index (χ0n) is 11.1. The molecule has 1 saturated heterocycles. The molecule has 2 N–H and O–H groups in total. The fourth-order valence-corrected chi connectivity index (χ4v) is 2.77. The molecule has 3 rings (SSSR count). The molecule has 1 amide bonds. The molecule has 0 saturated carbocycles. The van der Waals surface area contributed by atoms with Crippen molar-refractivity contribution in [2.75, 3.05) is 7.05 Å². The maximum Gasteiger partial charge on any atom is 0.231 e. The molecule has 3 heterocycles. The van der Waals surface area contributed by atoms with E-state index in [0.29, 0.717) is 6.42 Å². The highest BCUT2D eigenvalue weighted by molar-refractivity contribution is 9.10. The van der Waals surface area contributed by atoms with Crippen molar-refractivity contribution in [1.29, 1.82) is 5.41 Å². The van der Waals surface area contributed by atoms with Gasteiger partial charge in [0.25, 0.3) is 0 Å². The van der Waals surface area contributed by atoms with Gasteiger partial charge in [-0.1, -0.05) is 6.07 Å². The molecule has 1 aliphatic rings. The number of rotatable bonds is 1. The zero-order chi connectivity index (χ0) is 14.5. The van der Waals surface area contributed by atoms with Crippen LogP contribution in [0.2, 0.25) is 0 Å². The first-order valence-corrected chi connectivity index (χ1v) is 6.96. The molecule has 20 heavy (non-hydrogen) atoms. The Balaban J connectivity index is 2.07. The number of carbonyl (C=O) groups excluding carboxylic acids is 1. The van der Waals surface area contributed by atoms with E-state index in [1.807, 2.05) is 29.7 Å². The number of fused-ring (bicyclic) bond motifs is 1. The van der Waals surface area contributed by atoms with Gasteiger partial charge < -0.3 is 5.32 Å². The van der Waals surface area contributed by atoms with Crippen LogP contribution in [0.3, 0.4) is 0 Å². The lowest BCUT2D eigenvalue weighted by Crippen LogP contribution is -2.58. The molecular weight excluding hydrogens is 322 g/mol. The number of amides is 1. The summed E-state index contributed by atoms with van der Waals surface area (Å²) in [5.41, 5.74) is 1.19. The summed E-state index contributed by atoms with van der Waals surface area (Å²) in [6, 6.07) is 3.84. The summed E-state index contributed by atoms with van der Waals surface area (Å²) >= 11 is 3.44. The Morgan fingerprint density at radius 3 is 2.95 bits per heavy atom. The number of aromatic nitrogens is 2. The van der Waals surface area contributed by atoms with E-state index in [4.69, 9.17) is 5.41 Å². The minimum atomic E-state index is -0.585. The standard InChI is InChI=1S/C13H14BrN5O/c1-13(5-11(20)18(2)12(15)17-13)8-3-4-10-16-6-9(14)19(10)7-8/h3-4,6-7H,5H2,1-2H3,(H2,15,17)/t13-/m0/s1. The Labute approximate surface area is 124 Å². The van der Waals surface area contributed by atoms with Crippen molar-refractivity contribution in [3.8, 4) is 0 Å². The molecule has 6 nitrogen and oxygen atoms in total. The number of pyridine rings is 1. The van der Waals surface area contributed by atoms with Crippen molar-refractivity contribution >= 4 is 33.4 Å². The average molecular weight is 336 g/mol. The molecule has 0 bridgehead atoms. The quantitative estimate of drug-likeness (QED) is 0.832. The second kappa shape index (κ2) is 4.31. The zero-order valence-corrected chi connectivity index (χ0v) is 12.7. The van der Waals surface area contributed by atoms with Gasteiger partial charge in [-0.15, -0.1) is 0 Å². The van der Waals surface area contributed by atoms with E-state index in [1.165, 1.54) is 4.90 Å². The SMILES string of the molecule is CN1C(=N)N[C@](C)(c2ccc3ncc(Br)n3c2)CC1=O. The molecule has 2 aromatic heterocycles. The highest BCUT2D eigenvalue weighted by atomic mass is 79.9. The van der Waals surface area contributed by atoms with Gasteiger partial charge in [-0.05, 0) is 34.5 Å². The molecule has 2 aromatic rings. The fraction of sp³-hybridized carbons (Fsp3) is 0.308. The van der Waals surface area contributed by atoms with Gasteiger partial charge in [-0.2, -0.15) is 0 Å². The first-order chi connectivity index (χ1) is 9.40. The summed E-state index contributed by atoms with van der Waals surface area (Å²) in [6.07, 6.45) is 3.98. The smallest absolute Gasteiger partial charge is 0.231 e. The van der Waals surface area contributed by atoms with Gasteiger partial charge in [0.2, 0.25) is 5.91 Å². The maximum atomic E-state index is 12.0. The van der Waals surface area contributed by atoms with Crippen LogP contribution >= 0.6 is 15.9 Å². The fourth-order valence-electron chi connectivity index (χ4n) is 2.39. The van der Waals surface area contributed by atoms with E-state index >= 15 is 0 Å². The summed E-state index contributed by atoms with van der Waals surface area (Å²) in [5.74, 6) is 0.0505. The van der Waals surface area contributed by atoms with Gasteiger partial charge in [0.15, 0.2) is 5.96 Å². The van der Waals surface area contributed by atoms with Crippen molar-refractivity contribution in [2.45, 2.75) is 18.9 Å². The molecule has 1 aliphatic heterocycles. The van der Waals surface area contributed by atoms with Gasteiger partial charge in [0.05, 0.1) is 18.2 Å². The maximum absolute atomic E-state index is 12.0. The van der Waals surface area contributed by atoms with Crippen molar-refractivity contribution in [3.63, 3.8) is 0 Å². The van der Waals surface area contributed by atoms with Crippen LogP contribution in [0.25, 0.3) is 5.65 Å². The van der Waals surface area contributed by atoms with Crippen LogP contribution in [0, 0.1) is 5.41 Å². The van der Waals surface area contributed by atoms with Gasteiger partial charge in [0, 0.05) is 13.2 Å². The Morgan fingerprint density at radius 1 is 1.50 bits per heavy atom. The van der Waals surface area contributed by atoms with Crippen LogP contribution < -0.4 is 5.32 Å². The van der Waals surface area contributed by atoms with Crippen LogP contribution in [-0.4, -0.2) is 33.2 Å². The number of carbonyl (C=O) groups is 1. The molecule has 7 heteroatoms. The van der Waals surface area contributed by atoms with Crippen LogP contribution in [0.15, 0.2) is 29.1 Å². The third kappa shape index (κ3) is 1.89. The van der Waals surface area contributed by atoms with E-state index in [1.54, 1.807) is 13.2 Å². The van der Waals surface area contributed by atoms with Crippen molar-refractivity contribution in [3.05, 3.63) is 34.7 Å². The van der Waals surface area contributed by atoms with E-state index in [9.17, 15) is 4.79 Å². The van der Waals surface area contributed by atoms with Crippen molar-refractivity contribution < 1.29 is 4.79 Å². The summed E-state index contributed by atoms with van der Waals surface area (Å²) in [4.78, 5) is 17.6. The van der Waals surface area contributed by atoms with Crippen LogP contribution in [-0.2, 0) is 10.3 Å². The number of halogens is 1. The van der Waals surface area contributed by atoms with Crippen molar-refractivity contribution in [2.24, 2.45) is 0 Å². The normalized spacial score (nSPS) is 23.2. The number of guanidine groups is 1. The number of hydrogen-bond donors (Lipinski definition) is 2. The lowest BCUT2D eigenvalue weighted by atomic mass is 9.87. The average Bonchev–Trinajstić information content (AvgIpc) is 2.77. The molecule has 104 valence electrons. The number of nitrogens with one attached hydrogen (secondary N) is 2. The summed E-state index contributed by atoms with van der Waals surface area (Å²) in [5, 5.41) is 11.0. The molecule has 0 aromatic carbocycles. The second-order valence-electron chi connectivity index (χ2n) is 5.16. The van der Waals surface area contributed by atoms with Crippen LogP contribution in [0.5, 0.6) is 0 Å². The van der Waals surface area contributed by atoms with Gasteiger partial charge in [-0.3, -0.25) is 19.5 Å². The van der Waals surface area contributed by atoms with E-state index in [-0.39, 0.29) is 11.9 Å². The lowest BCUT2D eigenvalue weighted by Gasteiger charge is -2.39. The monoisotopic (exact) mass is 335 g/mol. The Bertz CT molecular complexity index is 705. The predicted octanol–water partition coefficient (Wildman–Crippen LogP) is 1.70. The Hall–Kier alpha value is -1.89. The Morgan fingerprint density at radius 2 is 2.25 bits per heavy atom. The van der Waals surface area contributed by atoms with Crippen LogP contribution in [0.4, 0.5) is 0 Å². The lowest BCUT2D eigenvalue weighted by molar-refractivity contribution is -0.129. The van der Waals surface area contributed by atoms with Gasteiger partial charge >= 0.3 is 0 Å². The number of nitrogens with zero attached hydrogens (tertiary/aromatic N) is 3. The number of hydrogen-bond acceptors (Lipinski definition) is 3. The highest BCUT2D eigenvalue weighted by Gasteiger charge is 2.38. The first kappa shape index (κ1) is 13.1. The first-order valence-electron chi connectivity index (χ1n) is 6.17. The highest BCUT2D eigenvalue weighted by Crippen LogP contribution is 2.29. The molecule has 0 radical (unpaired) electrons. The molecule has 0 spiro atoms. The topological polar surface area (TPSA) is 73.5 Å². The van der Waals surface area contributed by atoms with E-state index < -0.39 is 5.54 Å². The molecule has 1 atom stereocenters. The third-order valence-electron chi connectivity index (χ3n) is 3.71. The summed E-state index contributed by atoms with van der Waals surface area (Å²) in [7, 11) is 1.60. The second-order valence-corrected chi connectivity index (χ2v) is 5.97. The Kier molecular flexibility index (Phi) is 2.82. The molecule has 1 fully saturated rings. The van der Waals surface area contributed by atoms with Gasteiger partial charge in [-0.25, -0.2) is 4.98 Å². The molecular formula is C13H14BrN5O. The largest absolute Gasteiger partial charge is 0.346 e. The van der Waals surface area contributed by atoms with Gasteiger partial charge in [0.1, 0.15) is 10.3 Å². The van der Waals surface area contributed by atoms with Crippen molar-refractivity contribution in [1.82, 2.24) is 19.6 Å². The summed E-state index contributed by atoms with van der Waals surface area (Å²) < 4.78 is 2.77.